The van der Waals surface area contributed by atoms with Gasteiger partial charge in [0.25, 0.3) is 0 Å². The Kier molecular flexibility index (Phi) is 6.30. The molecule has 0 saturated heterocycles. The summed E-state index contributed by atoms with van der Waals surface area (Å²) >= 11 is -2.40. The summed E-state index contributed by atoms with van der Waals surface area (Å²) < 4.78 is 29.2. The molecular formula is C12H22NO4PSn. The Balaban J connectivity index is 3.07. The molecule has 108 valence electrons. The molecule has 0 fully saturated rings. The number of hydrogen-bond acceptors (Lipinski definition) is 5. The van der Waals surface area contributed by atoms with Crippen molar-refractivity contribution in [1.29, 1.82) is 0 Å². The van der Waals surface area contributed by atoms with E-state index in [2.05, 4.69) is 19.8 Å². The Morgan fingerprint density at radius 2 is 1.79 bits per heavy atom. The molecule has 0 aromatic carbocycles. The molecule has 5 nitrogen and oxygen atoms in total. The van der Waals surface area contributed by atoms with Crippen molar-refractivity contribution in [2.75, 3.05) is 13.2 Å². The predicted molar refractivity (Wildman–Crippen MR) is 78.7 cm³/mol. The summed E-state index contributed by atoms with van der Waals surface area (Å²) in [5, 5.41) is 0. The van der Waals surface area contributed by atoms with Crippen LogP contribution >= 0.6 is 7.82 Å². The second kappa shape index (κ2) is 7.06. The first kappa shape index (κ1) is 17.0. The molecule has 1 heterocycles. The minimum absolute atomic E-state index is 0.262. The van der Waals surface area contributed by atoms with Gasteiger partial charge in [0.05, 0.1) is 0 Å². The number of phosphoric acid groups is 1. The van der Waals surface area contributed by atoms with Crippen molar-refractivity contribution in [3.8, 4) is 5.88 Å². The Hall–Kier alpha value is -0.101. The van der Waals surface area contributed by atoms with Crippen LogP contribution in [0.25, 0.3) is 0 Å². The van der Waals surface area contributed by atoms with E-state index in [9.17, 15) is 4.57 Å². The van der Waals surface area contributed by atoms with Crippen LogP contribution in [0.4, 0.5) is 0 Å². The molecule has 0 N–H and O–H groups in total. The van der Waals surface area contributed by atoms with Gasteiger partial charge in [-0.05, 0) is 0 Å². The fourth-order valence-electron chi connectivity index (χ4n) is 1.55. The van der Waals surface area contributed by atoms with Crippen LogP contribution in [0.3, 0.4) is 0 Å². The molecule has 1 aromatic rings. The van der Waals surface area contributed by atoms with Crippen LogP contribution in [0.5, 0.6) is 5.88 Å². The van der Waals surface area contributed by atoms with Gasteiger partial charge in [0.2, 0.25) is 0 Å². The van der Waals surface area contributed by atoms with Crippen molar-refractivity contribution in [3.63, 3.8) is 0 Å². The molecule has 0 saturated carbocycles. The summed E-state index contributed by atoms with van der Waals surface area (Å²) in [7, 11) is -3.57. The molecule has 0 atom stereocenters. The fourth-order valence-corrected chi connectivity index (χ4v) is 6.82. The Morgan fingerprint density at radius 1 is 1.21 bits per heavy atom. The van der Waals surface area contributed by atoms with Crippen LogP contribution in [0.1, 0.15) is 13.8 Å². The fraction of sp³-hybridized carbons (Fsp3) is 0.583. The van der Waals surface area contributed by atoms with E-state index >= 15 is 0 Å². The number of phosphoric ester groups is 1. The number of aromatic nitrogens is 1. The van der Waals surface area contributed by atoms with Crippen LogP contribution in [0, 0.1) is 0 Å². The maximum atomic E-state index is 12.4. The normalized spacial score (nSPS) is 12.5. The first-order valence-electron chi connectivity index (χ1n) is 6.36. The monoisotopic (exact) mass is 395 g/mol. The van der Waals surface area contributed by atoms with Gasteiger partial charge in [-0.3, -0.25) is 0 Å². The molecule has 0 aliphatic rings. The van der Waals surface area contributed by atoms with E-state index < -0.39 is 26.2 Å². The average Bonchev–Trinajstić information content (AvgIpc) is 2.28. The van der Waals surface area contributed by atoms with E-state index in [1.807, 2.05) is 12.1 Å². The molecule has 0 unspecified atom stereocenters. The molecule has 19 heavy (non-hydrogen) atoms. The molecule has 1 rings (SSSR count). The Labute approximate surface area is 119 Å². The van der Waals surface area contributed by atoms with Crippen LogP contribution < -0.4 is 8.10 Å². The van der Waals surface area contributed by atoms with Crippen LogP contribution in [-0.2, 0) is 13.6 Å². The van der Waals surface area contributed by atoms with Gasteiger partial charge < -0.3 is 0 Å². The number of rotatable bonds is 7. The van der Waals surface area contributed by atoms with Gasteiger partial charge in [-0.1, -0.05) is 0 Å². The number of nitrogens with zero attached hydrogens (tertiary/aromatic N) is 1. The SMILES string of the molecule is CCOP(=O)(OCC)Oc1nccc[c]1[Sn]([CH3])([CH3])[CH3]. The third-order valence-electron chi connectivity index (χ3n) is 2.35. The molecule has 0 spiro atoms. The second-order valence-corrected chi connectivity index (χ2v) is 21.0. The summed E-state index contributed by atoms with van der Waals surface area (Å²) in [5.41, 5.74) is 0. The molecule has 0 bridgehead atoms. The topological polar surface area (TPSA) is 57.7 Å². The first-order chi connectivity index (χ1) is 8.82. The van der Waals surface area contributed by atoms with Gasteiger partial charge in [0.15, 0.2) is 0 Å². The van der Waals surface area contributed by atoms with Gasteiger partial charge in [-0.15, -0.1) is 0 Å². The van der Waals surface area contributed by atoms with Crippen molar-refractivity contribution in [3.05, 3.63) is 18.3 Å². The zero-order valence-electron chi connectivity index (χ0n) is 12.2. The summed E-state index contributed by atoms with van der Waals surface area (Å²) in [6.45, 7) is 4.02. The van der Waals surface area contributed by atoms with Gasteiger partial charge in [0, 0.05) is 0 Å². The molecule has 7 heteroatoms. The van der Waals surface area contributed by atoms with Gasteiger partial charge >= 0.3 is 119 Å². The molecule has 0 aliphatic carbocycles. The zero-order chi connectivity index (χ0) is 14.5. The molecular weight excluding hydrogens is 372 g/mol. The maximum absolute atomic E-state index is 12.4. The van der Waals surface area contributed by atoms with E-state index in [0.29, 0.717) is 5.88 Å². The van der Waals surface area contributed by atoms with Gasteiger partial charge in [0.1, 0.15) is 0 Å². The van der Waals surface area contributed by atoms with Gasteiger partial charge in [-0.2, -0.15) is 0 Å². The van der Waals surface area contributed by atoms with Crippen molar-refractivity contribution >= 4 is 29.8 Å². The average molecular weight is 394 g/mol. The zero-order valence-corrected chi connectivity index (χ0v) is 15.9. The van der Waals surface area contributed by atoms with E-state index in [1.165, 1.54) is 0 Å². The number of hydrogen-bond donors (Lipinski definition) is 0. The third kappa shape index (κ3) is 5.06. The Morgan fingerprint density at radius 3 is 2.26 bits per heavy atom. The molecule has 1 aromatic heterocycles. The van der Waals surface area contributed by atoms with Crippen LogP contribution in [-0.4, -0.2) is 36.6 Å². The molecule has 0 radical (unpaired) electrons. The molecule has 0 amide bonds. The number of pyridine rings is 1. The second-order valence-electron chi connectivity index (χ2n) is 4.98. The Bertz CT molecular complexity index is 451. The van der Waals surface area contributed by atoms with E-state index in [-0.39, 0.29) is 13.2 Å². The van der Waals surface area contributed by atoms with Crippen LogP contribution in [0.2, 0.25) is 14.8 Å². The van der Waals surface area contributed by atoms with Crippen molar-refractivity contribution < 1.29 is 18.1 Å². The van der Waals surface area contributed by atoms with Crippen molar-refractivity contribution in [1.82, 2.24) is 4.98 Å². The summed E-state index contributed by atoms with van der Waals surface area (Å²) in [5.74, 6) is 0.385. The summed E-state index contributed by atoms with van der Waals surface area (Å²) in [6.07, 6.45) is 1.62. The van der Waals surface area contributed by atoms with Gasteiger partial charge in [-0.25, -0.2) is 0 Å². The summed E-state index contributed by atoms with van der Waals surface area (Å²) in [6, 6.07) is 3.86. The predicted octanol–water partition coefficient (Wildman–Crippen LogP) is 3.19. The van der Waals surface area contributed by atoms with Crippen molar-refractivity contribution in [2.24, 2.45) is 0 Å². The third-order valence-corrected chi connectivity index (χ3v) is 9.60. The quantitative estimate of drug-likeness (QED) is 0.526. The first-order valence-corrected chi connectivity index (χ1v) is 17.8. The standard InChI is InChI=1S/C9H13NO4P.3CH3.Sn/c1-3-12-15(11,13-4-2)14-9-7-5-6-8-10-9;;;;/h5-6,8H,3-4H2,1-2H3;3*1H3;. The van der Waals surface area contributed by atoms with E-state index in [4.69, 9.17) is 13.6 Å². The minimum atomic E-state index is -3.57. The summed E-state index contributed by atoms with van der Waals surface area (Å²) in [4.78, 5) is 10.9. The van der Waals surface area contributed by atoms with E-state index in [1.54, 1.807) is 20.0 Å². The van der Waals surface area contributed by atoms with E-state index in [0.717, 1.165) is 3.58 Å². The van der Waals surface area contributed by atoms with Crippen molar-refractivity contribution in [2.45, 2.75) is 28.7 Å². The molecule has 0 aliphatic heterocycles. The van der Waals surface area contributed by atoms with Crippen LogP contribution in [0.15, 0.2) is 18.3 Å².